The molecule has 0 spiro atoms. The summed E-state index contributed by atoms with van der Waals surface area (Å²) >= 11 is 0. The Bertz CT molecular complexity index is 398. The molecule has 0 amide bonds. The molecule has 0 bridgehead atoms. The van der Waals surface area contributed by atoms with Crippen LogP contribution in [-0.2, 0) is 0 Å². The van der Waals surface area contributed by atoms with E-state index in [0.29, 0.717) is 5.75 Å². The Morgan fingerprint density at radius 2 is 2.07 bits per heavy atom. The molecule has 1 unspecified atom stereocenters. The summed E-state index contributed by atoms with van der Waals surface area (Å²) < 4.78 is 5.36. The second-order valence-corrected chi connectivity index (χ2v) is 3.35. The summed E-state index contributed by atoms with van der Waals surface area (Å²) in [5, 5.41) is 12.5. The summed E-state index contributed by atoms with van der Waals surface area (Å²) in [6.07, 6.45) is 4.30. The summed E-state index contributed by atoms with van der Waals surface area (Å²) in [7, 11) is 0. The van der Waals surface area contributed by atoms with Gasteiger partial charge in [0, 0.05) is 12.3 Å². The molecular weight excluding hydrogens is 192 g/mol. The van der Waals surface area contributed by atoms with Crippen molar-refractivity contribution in [1.29, 1.82) is 0 Å². The molecule has 1 aliphatic heterocycles. The summed E-state index contributed by atoms with van der Waals surface area (Å²) in [6, 6.07) is 7.43. The van der Waals surface area contributed by atoms with Crippen LogP contribution in [0, 0.1) is 6.92 Å². The largest absolute Gasteiger partial charge is 0.441 e. The first kappa shape index (κ1) is 9.73. The molecule has 1 heterocycles. The predicted octanol–water partition coefficient (Wildman–Crippen LogP) is 1.17. The Kier molecular flexibility index (Phi) is 2.43. The molecule has 15 heavy (non-hydrogen) atoms. The van der Waals surface area contributed by atoms with Crippen LogP contribution >= 0.6 is 0 Å². The van der Waals surface area contributed by atoms with Gasteiger partial charge in [-0.25, -0.2) is 4.99 Å². The van der Waals surface area contributed by atoms with E-state index >= 15 is 0 Å². The Hall–Kier alpha value is -1.81. The zero-order valence-electron chi connectivity index (χ0n) is 8.34. The number of rotatable bonds is 2. The highest BCUT2D eigenvalue weighted by Gasteiger charge is 2.25. The standard InChI is InChI=1S/C11H12N2O2/c1-9-2-4-10(5-3-9)15-11(14)6-7-12-8-13-11/h2-8,14H,1H3,(H,12,13). The Morgan fingerprint density at radius 3 is 2.67 bits per heavy atom. The number of aliphatic imine (C=N–C) groups is 1. The first-order valence-corrected chi connectivity index (χ1v) is 4.63. The average molecular weight is 204 g/mol. The van der Waals surface area contributed by atoms with Gasteiger partial charge >= 0.3 is 5.91 Å². The molecule has 0 aliphatic carbocycles. The van der Waals surface area contributed by atoms with Gasteiger partial charge in [-0.05, 0) is 19.1 Å². The minimum atomic E-state index is -1.50. The third-order valence-corrected chi connectivity index (χ3v) is 2.03. The SMILES string of the molecule is Cc1ccc(OC2(O)C=CN=CN2)cc1. The van der Waals surface area contributed by atoms with Crippen LogP contribution in [0.5, 0.6) is 5.75 Å². The molecule has 0 saturated carbocycles. The van der Waals surface area contributed by atoms with Crippen LogP contribution in [0.15, 0.2) is 41.5 Å². The van der Waals surface area contributed by atoms with E-state index in [1.807, 2.05) is 19.1 Å². The van der Waals surface area contributed by atoms with Crippen molar-refractivity contribution in [1.82, 2.24) is 5.32 Å². The first-order chi connectivity index (χ1) is 7.18. The summed E-state index contributed by atoms with van der Waals surface area (Å²) in [4.78, 5) is 3.77. The van der Waals surface area contributed by atoms with Gasteiger partial charge < -0.3 is 15.2 Å². The van der Waals surface area contributed by atoms with Crippen LogP contribution in [0.4, 0.5) is 0 Å². The van der Waals surface area contributed by atoms with Crippen molar-refractivity contribution < 1.29 is 9.84 Å². The molecule has 0 aromatic heterocycles. The van der Waals surface area contributed by atoms with Crippen LogP contribution in [0.3, 0.4) is 0 Å². The van der Waals surface area contributed by atoms with Gasteiger partial charge in [-0.2, -0.15) is 0 Å². The number of benzene rings is 1. The lowest BCUT2D eigenvalue weighted by atomic mass is 10.2. The molecule has 0 fully saturated rings. The molecule has 78 valence electrons. The fourth-order valence-electron chi connectivity index (χ4n) is 1.21. The fourth-order valence-corrected chi connectivity index (χ4v) is 1.21. The van der Waals surface area contributed by atoms with Crippen molar-refractivity contribution in [2.45, 2.75) is 12.8 Å². The van der Waals surface area contributed by atoms with Crippen molar-refractivity contribution in [2.75, 3.05) is 0 Å². The second kappa shape index (κ2) is 3.74. The number of hydrogen-bond donors (Lipinski definition) is 2. The van der Waals surface area contributed by atoms with Crippen LogP contribution in [0.2, 0.25) is 0 Å². The molecule has 1 aromatic rings. The van der Waals surface area contributed by atoms with E-state index in [9.17, 15) is 5.11 Å². The van der Waals surface area contributed by atoms with Crippen molar-refractivity contribution in [3.8, 4) is 5.75 Å². The Morgan fingerprint density at radius 1 is 1.33 bits per heavy atom. The Balaban J connectivity index is 2.11. The molecule has 1 aliphatic rings. The van der Waals surface area contributed by atoms with Crippen LogP contribution in [-0.4, -0.2) is 17.4 Å². The highest BCUT2D eigenvalue weighted by molar-refractivity contribution is 5.58. The molecule has 0 saturated heterocycles. The molecule has 1 aromatic carbocycles. The number of aryl methyl sites for hydroxylation is 1. The summed E-state index contributed by atoms with van der Waals surface area (Å²) in [5.74, 6) is -0.910. The minimum Gasteiger partial charge on any atom is -0.441 e. The number of nitrogens with zero attached hydrogens (tertiary/aromatic N) is 1. The number of hydrogen-bond acceptors (Lipinski definition) is 4. The molecule has 4 heteroatoms. The molecule has 2 rings (SSSR count). The highest BCUT2D eigenvalue weighted by Crippen LogP contribution is 2.17. The molecule has 0 radical (unpaired) electrons. The van der Waals surface area contributed by atoms with Gasteiger partial charge in [0.05, 0.1) is 6.34 Å². The lowest BCUT2D eigenvalue weighted by Gasteiger charge is -2.26. The van der Waals surface area contributed by atoms with E-state index < -0.39 is 5.91 Å². The number of ether oxygens (including phenoxy) is 1. The van der Waals surface area contributed by atoms with Crippen molar-refractivity contribution in [3.05, 3.63) is 42.1 Å². The molecular formula is C11H12N2O2. The van der Waals surface area contributed by atoms with Gasteiger partial charge in [0.2, 0.25) is 0 Å². The fraction of sp³-hybridized carbons (Fsp3) is 0.182. The zero-order chi connectivity index (χ0) is 10.7. The maximum atomic E-state index is 9.88. The van der Waals surface area contributed by atoms with Crippen LogP contribution < -0.4 is 10.1 Å². The third kappa shape index (κ3) is 2.35. The zero-order valence-corrected chi connectivity index (χ0v) is 8.34. The van der Waals surface area contributed by atoms with Crippen LogP contribution in [0.25, 0.3) is 0 Å². The van der Waals surface area contributed by atoms with Crippen molar-refractivity contribution >= 4 is 6.34 Å². The number of aliphatic hydroxyl groups is 1. The van der Waals surface area contributed by atoms with Crippen molar-refractivity contribution in [2.24, 2.45) is 4.99 Å². The smallest absolute Gasteiger partial charge is 0.313 e. The van der Waals surface area contributed by atoms with Gasteiger partial charge in [0.1, 0.15) is 5.75 Å². The monoisotopic (exact) mass is 204 g/mol. The van der Waals surface area contributed by atoms with E-state index in [-0.39, 0.29) is 0 Å². The normalized spacial score (nSPS) is 23.6. The highest BCUT2D eigenvalue weighted by atomic mass is 16.6. The van der Waals surface area contributed by atoms with Crippen LogP contribution in [0.1, 0.15) is 5.56 Å². The summed E-state index contributed by atoms with van der Waals surface area (Å²) in [5.41, 5.74) is 1.14. The third-order valence-electron chi connectivity index (χ3n) is 2.03. The van der Waals surface area contributed by atoms with E-state index in [0.717, 1.165) is 5.56 Å². The molecule has 1 atom stereocenters. The van der Waals surface area contributed by atoms with Gasteiger partial charge in [0.15, 0.2) is 0 Å². The maximum absolute atomic E-state index is 9.88. The van der Waals surface area contributed by atoms with E-state index in [4.69, 9.17) is 4.74 Å². The first-order valence-electron chi connectivity index (χ1n) is 4.63. The van der Waals surface area contributed by atoms with Gasteiger partial charge in [-0.3, -0.25) is 0 Å². The maximum Gasteiger partial charge on any atom is 0.313 e. The average Bonchev–Trinajstić information content (AvgIpc) is 2.22. The van der Waals surface area contributed by atoms with E-state index in [1.54, 1.807) is 12.1 Å². The van der Waals surface area contributed by atoms with E-state index in [1.165, 1.54) is 18.6 Å². The van der Waals surface area contributed by atoms with Crippen molar-refractivity contribution in [3.63, 3.8) is 0 Å². The Labute approximate surface area is 87.9 Å². The molecule has 4 nitrogen and oxygen atoms in total. The molecule has 2 N–H and O–H groups in total. The lowest BCUT2D eigenvalue weighted by Crippen LogP contribution is -2.49. The van der Waals surface area contributed by atoms with Gasteiger partial charge in [-0.15, -0.1) is 0 Å². The number of nitrogens with one attached hydrogen (secondary N) is 1. The summed E-state index contributed by atoms with van der Waals surface area (Å²) in [6.45, 7) is 1.99. The second-order valence-electron chi connectivity index (χ2n) is 3.35. The van der Waals surface area contributed by atoms with Gasteiger partial charge in [0.25, 0.3) is 0 Å². The quantitative estimate of drug-likeness (QED) is 0.711. The van der Waals surface area contributed by atoms with Gasteiger partial charge in [-0.1, -0.05) is 17.7 Å². The predicted molar refractivity (Wildman–Crippen MR) is 57.5 cm³/mol. The topological polar surface area (TPSA) is 53.9 Å². The minimum absolute atomic E-state index is 0.593. The lowest BCUT2D eigenvalue weighted by molar-refractivity contribution is -0.106. The van der Waals surface area contributed by atoms with E-state index in [2.05, 4.69) is 10.3 Å².